The maximum Gasteiger partial charge on any atom is 0.245 e. The van der Waals surface area contributed by atoms with Gasteiger partial charge in [-0.3, -0.25) is 14.5 Å². The summed E-state index contributed by atoms with van der Waals surface area (Å²) in [6.45, 7) is 12.0. The van der Waals surface area contributed by atoms with Crippen molar-refractivity contribution in [1.82, 2.24) is 15.1 Å². The van der Waals surface area contributed by atoms with E-state index in [4.69, 9.17) is 4.74 Å². The number of nitrogens with one attached hydrogen (secondary N) is 1. The molecule has 1 saturated heterocycles. The molecule has 1 aromatic rings. The van der Waals surface area contributed by atoms with E-state index in [9.17, 15) is 9.59 Å². The summed E-state index contributed by atoms with van der Waals surface area (Å²) < 4.78 is 5.47. The van der Waals surface area contributed by atoms with Gasteiger partial charge in [-0.05, 0) is 30.5 Å². The number of amides is 2. The Morgan fingerprint density at radius 2 is 1.73 bits per heavy atom. The van der Waals surface area contributed by atoms with Gasteiger partial charge in [0.05, 0.1) is 6.61 Å². The van der Waals surface area contributed by atoms with Crippen molar-refractivity contribution in [2.24, 2.45) is 5.92 Å². The summed E-state index contributed by atoms with van der Waals surface area (Å²) in [6, 6.07) is 7.74. The van der Waals surface area contributed by atoms with Crippen molar-refractivity contribution in [3.05, 3.63) is 29.8 Å². The molecule has 0 radical (unpaired) electrons. The van der Waals surface area contributed by atoms with Gasteiger partial charge in [0.15, 0.2) is 0 Å². The lowest BCUT2D eigenvalue weighted by atomic mass is 10.0. The minimum Gasteiger partial charge on any atom is -0.494 e. The van der Waals surface area contributed by atoms with E-state index in [1.54, 1.807) is 0 Å². The number of ether oxygens (including phenoxy) is 1. The van der Waals surface area contributed by atoms with Gasteiger partial charge in [-0.1, -0.05) is 26.0 Å². The number of rotatable bonds is 7. The monoisotopic (exact) mass is 361 g/mol. The fourth-order valence-electron chi connectivity index (χ4n) is 3.17. The summed E-state index contributed by atoms with van der Waals surface area (Å²) in [7, 11) is 0. The molecule has 2 rings (SSSR count). The first-order valence-corrected chi connectivity index (χ1v) is 9.40. The molecule has 0 bridgehead atoms. The molecule has 1 unspecified atom stereocenters. The molecule has 1 heterocycles. The van der Waals surface area contributed by atoms with E-state index in [0.29, 0.717) is 19.7 Å². The molecular formula is C20H31N3O3. The summed E-state index contributed by atoms with van der Waals surface area (Å²) in [5.74, 6) is 0.833. The Hall–Kier alpha value is -2.08. The highest BCUT2D eigenvalue weighted by molar-refractivity contribution is 5.87. The number of hydrogen-bond donors (Lipinski definition) is 1. The van der Waals surface area contributed by atoms with Crippen molar-refractivity contribution in [2.45, 2.75) is 40.3 Å². The molecule has 144 valence electrons. The standard InChI is InChI=1S/C20H31N3O3/c1-5-26-18-8-6-17(7-9-18)14-22-10-12-23(13-11-22)20(25)19(15(2)3)21-16(4)24/h6-9,15,19H,5,10-14H2,1-4H3,(H,21,24). The van der Waals surface area contributed by atoms with Gasteiger partial charge >= 0.3 is 0 Å². The van der Waals surface area contributed by atoms with Crippen LogP contribution < -0.4 is 10.1 Å². The van der Waals surface area contributed by atoms with Crippen molar-refractivity contribution < 1.29 is 14.3 Å². The first-order chi connectivity index (χ1) is 12.4. The van der Waals surface area contributed by atoms with Crippen molar-refractivity contribution >= 4 is 11.8 Å². The molecule has 1 N–H and O–H groups in total. The Morgan fingerprint density at radius 3 is 2.23 bits per heavy atom. The van der Waals surface area contributed by atoms with Crippen LogP contribution >= 0.6 is 0 Å². The predicted octanol–water partition coefficient (Wildman–Crippen LogP) is 1.89. The summed E-state index contributed by atoms with van der Waals surface area (Å²) in [5, 5.41) is 2.79. The molecule has 6 heteroatoms. The number of hydrogen-bond acceptors (Lipinski definition) is 4. The van der Waals surface area contributed by atoms with Crippen molar-refractivity contribution in [3.63, 3.8) is 0 Å². The van der Waals surface area contributed by atoms with Crippen LogP contribution in [0.15, 0.2) is 24.3 Å². The van der Waals surface area contributed by atoms with E-state index in [0.717, 1.165) is 25.4 Å². The maximum absolute atomic E-state index is 12.7. The van der Waals surface area contributed by atoms with Crippen LogP contribution in [0.4, 0.5) is 0 Å². The van der Waals surface area contributed by atoms with Gasteiger partial charge in [-0.2, -0.15) is 0 Å². The van der Waals surface area contributed by atoms with Crippen LogP contribution in [-0.2, 0) is 16.1 Å². The van der Waals surface area contributed by atoms with Crippen molar-refractivity contribution in [3.8, 4) is 5.75 Å². The van der Waals surface area contributed by atoms with E-state index in [-0.39, 0.29) is 17.7 Å². The maximum atomic E-state index is 12.7. The van der Waals surface area contributed by atoms with Gasteiger partial charge in [0.1, 0.15) is 11.8 Å². The third kappa shape index (κ3) is 5.73. The molecule has 1 atom stereocenters. The SMILES string of the molecule is CCOc1ccc(CN2CCN(C(=O)C(NC(C)=O)C(C)C)CC2)cc1. The summed E-state index contributed by atoms with van der Waals surface area (Å²) >= 11 is 0. The average molecular weight is 361 g/mol. The molecule has 26 heavy (non-hydrogen) atoms. The Bertz CT molecular complexity index is 593. The molecule has 1 aliphatic heterocycles. The molecule has 1 aromatic carbocycles. The molecule has 0 aromatic heterocycles. The van der Waals surface area contributed by atoms with Crippen LogP contribution in [0.3, 0.4) is 0 Å². The number of benzene rings is 1. The Balaban J connectivity index is 1.85. The smallest absolute Gasteiger partial charge is 0.245 e. The molecule has 0 saturated carbocycles. The van der Waals surface area contributed by atoms with Gasteiger partial charge < -0.3 is 15.0 Å². The first-order valence-electron chi connectivity index (χ1n) is 9.40. The molecule has 1 aliphatic rings. The number of carbonyl (C=O) groups excluding carboxylic acids is 2. The Kier molecular flexibility index (Phi) is 7.45. The third-order valence-electron chi connectivity index (χ3n) is 4.62. The first kappa shape index (κ1) is 20.2. The Labute approximate surface area is 156 Å². The zero-order valence-corrected chi connectivity index (χ0v) is 16.3. The van der Waals surface area contributed by atoms with Gasteiger partial charge in [0, 0.05) is 39.6 Å². The van der Waals surface area contributed by atoms with Crippen molar-refractivity contribution in [1.29, 1.82) is 0 Å². The molecule has 1 fully saturated rings. The topological polar surface area (TPSA) is 61.9 Å². The van der Waals surface area contributed by atoms with Gasteiger partial charge in [-0.25, -0.2) is 0 Å². The number of carbonyl (C=O) groups is 2. The molecule has 2 amide bonds. The molecule has 0 spiro atoms. The van der Waals surface area contributed by atoms with Gasteiger partial charge in [0.2, 0.25) is 11.8 Å². The van der Waals surface area contributed by atoms with Crippen LogP contribution in [0.2, 0.25) is 0 Å². The normalized spacial score (nSPS) is 16.4. The molecule has 0 aliphatic carbocycles. The zero-order valence-electron chi connectivity index (χ0n) is 16.3. The van der Waals surface area contributed by atoms with E-state index in [2.05, 4.69) is 22.3 Å². The van der Waals surface area contributed by atoms with E-state index in [1.165, 1.54) is 12.5 Å². The van der Waals surface area contributed by atoms with Crippen LogP contribution in [0.5, 0.6) is 5.75 Å². The second-order valence-corrected chi connectivity index (χ2v) is 7.10. The van der Waals surface area contributed by atoms with Crippen LogP contribution in [-0.4, -0.2) is 60.4 Å². The highest BCUT2D eigenvalue weighted by atomic mass is 16.5. The minimum absolute atomic E-state index is 0.0240. The zero-order chi connectivity index (χ0) is 19.1. The largest absolute Gasteiger partial charge is 0.494 e. The lowest BCUT2D eigenvalue weighted by Gasteiger charge is -2.37. The van der Waals surface area contributed by atoms with Crippen LogP contribution in [0.1, 0.15) is 33.3 Å². The fraction of sp³-hybridized carbons (Fsp3) is 0.600. The highest BCUT2D eigenvalue weighted by Gasteiger charge is 2.29. The lowest BCUT2D eigenvalue weighted by molar-refractivity contribution is -0.138. The van der Waals surface area contributed by atoms with E-state index < -0.39 is 6.04 Å². The minimum atomic E-state index is -0.440. The highest BCUT2D eigenvalue weighted by Crippen LogP contribution is 2.15. The Morgan fingerprint density at radius 1 is 1.12 bits per heavy atom. The van der Waals surface area contributed by atoms with Gasteiger partial charge in [-0.15, -0.1) is 0 Å². The van der Waals surface area contributed by atoms with Crippen LogP contribution in [0, 0.1) is 5.92 Å². The average Bonchev–Trinajstić information content (AvgIpc) is 2.61. The predicted molar refractivity (Wildman–Crippen MR) is 102 cm³/mol. The quantitative estimate of drug-likeness (QED) is 0.806. The fourth-order valence-corrected chi connectivity index (χ4v) is 3.17. The van der Waals surface area contributed by atoms with E-state index >= 15 is 0 Å². The summed E-state index contributed by atoms with van der Waals surface area (Å²) in [5.41, 5.74) is 1.24. The van der Waals surface area contributed by atoms with Crippen LogP contribution in [0.25, 0.3) is 0 Å². The molecule has 6 nitrogen and oxygen atoms in total. The second kappa shape index (κ2) is 9.57. The second-order valence-electron chi connectivity index (χ2n) is 7.10. The lowest BCUT2D eigenvalue weighted by Crippen LogP contribution is -2.56. The number of piperazine rings is 1. The van der Waals surface area contributed by atoms with Gasteiger partial charge in [0.25, 0.3) is 0 Å². The van der Waals surface area contributed by atoms with Crippen molar-refractivity contribution in [2.75, 3.05) is 32.8 Å². The molecular weight excluding hydrogens is 330 g/mol. The summed E-state index contributed by atoms with van der Waals surface area (Å²) in [6.07, 6.45) is 0. The summed E-state index contributed by atoms with van der Waals surface area (Å²) in [4.78, 5) is 28.3. The third-order valence-corrected chi connectivity index (χ3v) is 4.62. The number of nitrogens with zero attached hydrogens (tertiary/aromatic N) is 2. The van der Waals surface area contributed by atoms with E-state index in [1.807, 2.05) is 37.8 Å².